The summed E-state index contributed by atoms with van der Waals surface area (Å²) in [6.07, 6.45) is 1.91. The molecule has 0 unspecified atom stereocenters. The van der Waals surface area contributed by atoms with Gasteiger partial charge in [0.2, 0.25) is 0 Å². The van der Waals surface area contributed by atoms with Crippen molar-refractivity contribution < 1.29 is 4.74 Å². The molecule has 0 amide bonds. The molecule has 0 radical (unpaired) electrons. The zero-order valence-electron chi connectivity index (χ0n) is 9.50. The first-order valence-electron chi connectivity index (χ1n) is 5.21. The van der Waals surface area contributed by atoms with E-state index >= 15 is 0 Å². The first-order valence-corrected chi connectivity index (χ1v) is 5.21. The van der Waals surface area contributed by atoms with E-state index in [0.29, 0.717) is 13.0 Å². The molecule has 2 rings (SSSR count). The van der Waals surface area contributed by atoms with Crippen molar-refractivity contribution >= 4 is 0 Å². The van der Waals surface area contributed by atoms with E-state index in [9.17, 15) is 0 Å². The van der Waals surface area contributed by atoms with Crippen LogP contribution >= 0.6 is 0 Å². The molecule has 0 aliphatic heterocycles. The molecular weight excluding hydrogens is 216 g/mol. The van der Waals surface area contributed by atoms with Crippen molar-refractivity contribution in [1.82, 2.24) is 14.8 Å². The van der Waals surface area contributed by atoms with Gasteiger partial charge in [0, 0.05) is 7.05 Å². The highest BCUT2D eigenvalue weighted by Crippen LogP contribution is 2.13. The lowest BCUT2D eigenvalue weighted by atomic mass is 10.2. The zero-order chi connectivity index (χ0) is 12.1. The van der Waals surface area contributed by atoms with Gasteiger partial charge in [0.25, 0.3) is 0 Å². The Morgan fingerprint density at radius 2 is 2.12 bits per heavy atom. The van der Waals surface area contributed by atoms with Gasteiger partial charge in [-0.15, -0.1) is 0 Å². The zero-order valence-corrected chi connectivity index (χ0v) is 9.50. The molecule has 2 aromatic rings. The van der Waals surface area contributed by atoms with Crippen LogP contribution in [0, 0.1) is 11.3 Å². The summed E-state index contributed by atoms with van der Waals surface area (Å²) < 4.78 is 7.23. The van der Waals surface area contributed by atoms with Gasteiger partial charge in [-0.05, 0) is 17.7 Å². The normalized spacial score (nSPS) is 9.88. The molecule has 1 aromatic carbocycles. The van der Waals surface area contributed by atoms with Crippen LogP contribution in [0.25, 0.3) is 0 Å². The summed E-state index contributed by atoms with van der Waals surface area (Å²) in [5.41, 5.74) is 0.985. The van der Waals surface area contributed by atoms with Crippen LogP contribution in [0.15, 0.2) is 30.6 Å². The summed E-state index contributed by atoms with van der Waals surface area (Å²) in [5, 5.41) is 12.5. The fourth-order valence-corrected chi connectivity index (χ4v) is 1.39. The van der Waals surface area contributed by atoms with Crippen LogP contribution in [0.3, 0.4) is 0 Å². The van der Waals surface area contributed by atoms with E-state index in [1.54, 1.807) is 4.68 Å². The minimum absolute atomic E-state index is 0.383. The number of benzene rings is 1. The molecule has 1 heterocycles. The second-order valence-electron chi connectivity index (χ2n) is 3.57. The Bertz CT molecular complexity index is 524. The molecular formula is C12H12N4O. The Hall–Kier alpha value is -2.35. The molecule has 0 saturated heterocycles. The third-order valence-corrected chi connectivity index (χ3v) is 2.38. The summed E-state index contributed by atoms with van der Waals surface area (Å²) in [6, 6.07) is 9.57. The first kappa shape index (κ1) is 11.1. The highest BCUT2D eigenvalue weighted by molar-refractivity contribution is 5.28. The fraction of sp³-hybridized carbons (Fsp3) is 0.250. The molecule has 0 fully saturated rings. The van der Waals surface area contributed by atoms with Crippen molar-refractivity contribution in [1.29, 1.82) is 5.26 Å². The quantitative estimate of drug-likeness (QED) is 0.794. The van der Waals surface area contributed by atoms with Crippen molar-refractivity contribution in [3.63, 3.8) is 0 Å². The summed E-state index contributed by atoms with van der Waals surface area (Å²) in [7, 11) is 1.82. The number of rotatable bonds is 4. The SMILES string of the molecule is Cn1ncnc1COc1ccc(CC#N)cc1. The Kier molecular flexibility index (Phi) is 3.36. The van der Waals surface area contributed by atoms with Gasteiger partial charge in [0.1, 0.15) is 18.7 Å². The van der Waals surface area contributed by atoms with E-state index < -0.39 is 0 Å². The molecule has 5 nitrogen and oxygen atoms in total. The average Bonchev–Trinajstić information content (AvgIpc) is 2.75. The molecule has 0 aliphatic rings. The van der Waals surface area contributed by atoms with Gasteiger partial charge in [0.15, 0.2) is 5.82 Å². The first-order chi connectivity index (χ1) is 8.29. The number of nitriles is 1. The summed E-state index contributed by atoms with van der Waals surface area (Å²) in [4.78, 5) is 4.06. The fourth-order valence-electron chi connectivity index (χ4n) is 1.39. The minimum atomic E-state index is 0.383. The van der Waals surface area contributed by atoms with E-state index in [4.69, 9.17) is 10.00 Å². The van der Waals surface area contributed by atoms with Gasteiger partial charge in [-0.2, -0.15) is 10.4 Å². The summed E-state index contributed by atoms with van der Waals surface area (Å²) >= 11 is 0. The van der Waals surface area contributed by atoms with Crippen molar-refractivity contribution in [3.8, 4) is 11.8 Å². The number of aromatic nitrogens is 3. The number of aryl methyl sites for hydroxylation is 1. The third-order valence-electron chi connectivity index (χ3n) is 2.38. The van der Waals surface area contributed by atoms with Gasteiger partial charge in [-0.25, -0.2) is 4.98 Å². The maximum atomic E-state index is 8.55. The van der Waals surface area contributed by atoms with Crippen molar-refractivity contribution in [2.75, 3.05) is 0 Å². The molecule has 0 atom stereocenters. The molecule has 1 aromatic heterocycles. The predicted octanol–water partition coefficient (Wildman–Crippen LogP) is 1.46. The second kappa shape index (κ2) is 5.12. The van der Waals surface area contributed by atoms with Gasteiger partial charge < -0.3 is 4.74 Å². The Balaban J connectivity index is 1.96. The van der Waals surface area contributed by atoms with Gasteiger partial charge in [0.05, 0.1) is 12.5 Å². The maximum Gasteiger partial charge on any atom is 0.164 e. The van der Waals surface area contributed by atoms with Gasteiger partial charge in [-0.1, -0.05) is 12.1 Å². The highest BCUT2D eigenvalue weighted by Gasteiger charge is 2.01. The van der Waals surface area contributed by atoms with Crippen LogP contribution in [-0.2, 0) is 20.1 Å². The Morgan fingerprint density at radius 3 is 2.71 bits per heavy atom. The molecule has 17 heavy (non-hydrogen) atoms. The van der Waals surface area contributed by atoms with E-state index in [1.165, 1.54) is 6.33 Å². The molecule has 0 aliphatic carbocycles. The number of hydrogen-bond donors (Lipinski definition) is 0. The third kappa shape index (κ3) is 2.82. The van der Waals surface area contributed by atoms with Gasteiger partial charge in [-0.3, -0.25) is 4.68 Å². The number of nitrogens with zero attached hydrogens (tertiary/aromatic N) is 4. The molecule has 0 bridgehead atoms. The second-order valence-corrected chi connectivity index (χ2v) is 3.57. The van der Waals surface area contributed by atoms with Crippen molar-refractivity contribution in [2.45, 2.75) is 13.0 Å². The summed E-state index contributed by atoms with van der Waals surface area (Å²) in [6.45, 7) is 0.383. The molecule has 5 heteroatoms. The van der Waals surface area contributed by atoms with Crippen LogP contribution < -0.4 is 4.74 Å². The lowest BCUT2D eigenvalue weighted by Crippen LogP contribution is -2.04. The Labute approximate surface area is 99.3 Å². The lowest BCUT2D eigenvalue weighted by molar-refractivity contribution is 0.289. The maximum absolute atomic E-state index is 8.55. The van der Waals surface area contributed by atoms with Crippen LogP contribution in [0.5, 0.6) is 5.75 Å². The predicted molar refractivity (Wildman–Crippen MR) is 61.1 cm³/mol. The van der Waals surface area contributed by atoms with E-state index in [2.05, 4.69) is 16.2 Å². The lowest BCUT2D eigenvalue weighted by Gasteiger charge is -2.05. The van der Waals surface area contributed by atoms with Crippen LogP contribution in [0.2, 0.25) is 0 Å². The average molecular weight is 228 g/mol. The standard InChI is InChI=1S/C12H12N4O/c1-16-12(14-9-15-16)8-17-11-4-2-10(3-5-11)6-7-13/h2-5,9H,6,8H2,1H3. The smallest absolute Gasteiger partial charge is 0.164 e. The number of ether oxygens (including phenoxy) is 1. The minimum Gasteiger partial charge on any atom is -0.486 e. The molecule has 0 saturated carbocycles. The molecule has 0 N–H and O–H groups in total. The monoisotopic (exact) mass is 228 g/mol. The van der Waals surface area contributed by atoms with E-state index in [1.807, 2.05) is 31.3 Å². The van der Waals surface area contributed by atoms with Crippen LogP contribution in [0.1, 0.15) is 11.4 Å². The van der Waals surface area contributed by atoms with E-state index in [0.717, 1.165) is 17.1 Å². The van der Waals surface area contributed by atoms with Crippen LogP contribution in [0.4, 0.5) is 0 Å². The van der Waals surface area contributed by atoms with Gasteiger partial charge >= 0.3 is 0 Å². The van der Waals surface area contributed by atoms with E-state index in [-0.39, 0.29) is 0 Å². The summed E-state index contributed by atoms with van der Waals surface area (Å²) in [5.74, 6) is 1.53. The topological polar surface area (TPSA) is 63.7 Å². The van der Waals surface area contributed by atoms with Crippen molar-refractivity contribution in [2.24, 2.45) is 7.05 Å². The largest absolute Gasteiger partial charge is 0.486 e. The molecule has 0 spiro atoms. The highest BCUT2D eigenvalue weighted by atomic mass is 16.5. The van der Waals surface area contributed by atoms with Crippen molar-refractivity contribution in [3.05, 3.63) is 42.0 Å². The molecule has 86 valence electrons. The Morgan fingerprint density at radius 1 is 1.35 bits per heavy atom. The number of hydrogen-bond acceptors (Lipinski definition) is 4. The van der Waals surface area contributed by atoms with Crippen LogP contribution in [-0.4, -0.2) is 14.8 Å².